The molecule has 0 aliphatic carbocycles. The van der Waals surface area contributed by atoms with Crippen LogP contribution in [0.5, 0.6) is 5.75 Å². The van der Waals surface area contributed by atoms with Gasteiger partial charge in [0.25, 0.3) is 0 Å². The van der Waals surface area contributed by atoms with Crippen LogP contribution in [0.3, 0.4) is 0 Å². The van der Waals surface area contributed by atoms with E-state index in [1.807, 2.05) is 26.8 Å². The van der Waals surface area contributed by atoms with E-state index < -0.39 is 5.60 Å². The van der Waals surface area contributed by atoms with Crippen LogP contribution in [0.4, 0.5) is 4.79 Å². The predicted molar refractivity (Wildman–Crippen MR) is 80.3 cm³/mol. The Hall–Kier alpha value is -1.79. The molecule has 1 heterocycles. The molecule has 1 aromatic carbocycles. The zero-order valence-electron chi connectivity index (χ0n) is 13.5. The second-order valence-corrected chi connectivity index (χ2v) is 6.37. The van der Waals surface area contributed by atoms with Crippen molar-refractivity contribution in [3.8, 4) is 5.75 Å². The van der Waals surface area contributed by atoms with E-state index in [0.29, 0.717) is 13.0 Å². The highest BCUT2D eigenvalue weighted by Gasteiger charge is 2.33. The quantitative estimate of drug-likeness (QED) is 0.686. The predicted octanol–water partition coefficient (Wildman–Crippen LogP) is 2.63. The average Bonchev–Trinajstić information content (AvgIpc) is 2.42. The van der Waals surface area contributed by atoms with Crippen LogP contribution < -0.4 is 0 Å². The number of amides is 1. The molecule has 1 aliphatic heterocycles. The molecule has 1 aliphatic rings. The van der Waals surface area contributed by atoms with E-state index >= 15 is 0 Å². The first-order valence-corrected chi connectivity index (χ1v) is 7.26. The lowest BCUT2D eigenvalue weighted by atomic mass is 9.94. The minimum atomic E-state index is -0.557. The summed E-state index contributed by atoms with van der Waals surface area (Å²) in [7, 11) is 1.43. The monoisotopic (exact) mass is 309 g/mol. The summed E-state index contributed by atoms with van der Waals surface area (Å²) in [5.74, 6) is 0.218. The fourth-order valence-corrected chi connectivity index (χ4v) is 2.46. The van der Waals surface area contributed by atoms with Crippen LogP contribution in [0.15, 0.2) is 18.2 Å². The van der Waals surface area contributed by atoms with Crippen molar-refractivity contribution in [1.82, 2.24) is 4.90 Å². The lowest BCUT2D eigenvalue weighted by molar-refractivity contribution is -0.280. The number of hydrogen-bond donors (Lipinski definition) is 1. The van der Waals surface area contributed by atoms with Gasteiger partial charge in [-0.2, -0.15) is 0 Å². The van der Waals surface area contributed by atoms with E-state index in [1.54, 1.807) is 17.0 Å². The van der Waals surface area contributed by atoms with Crippen molar-refractivity contribution < 1.29 is 24.4 Å². The van der Waals surface area contributed by atoms with Crippen molar-refractivity contribution in [2.75, 3.05) is 13.7 Å². The number of fused-ring (bicyclic) bond motifs is 1. The number of phenolic OH excluding ortho intramolecular Hbond substituents is 1. The number of aromatic hydroxyl groups is 1. The van der Waals surface area contributed by atoms with E-state index in [1.165, 1.54) is 7.11 Å². The molecule has 0 radical (unpaired) electrons. The second-order valence-electron chi connectivity index (χ2n) is 6.37. The van der Waals surface area contributed by atoms with Gasteiger partial charge in [-0.15, -0.1) is 0 Å². The largest absolute Gasteiger partial charge is 0.508 e. The Balaban J connectivity index is 2.21. The lowest BCUT2D eigenvalue weighted by Crippen LogP contribution is -2.48. The number of phenols is 1. The van der Waals surface area contributed by atoms with Gasteiger partial charge in [-0.3, -0.25) is 4.90 Å². The minimum absolute atomic E-state index is 0.205. The molecule has 0 aromatic heterocycles. The van der Waals surface area contributed by atoms with Crippen LogP contribution in [-0.4, -0.2) is 41.5 Å². The average molecular weight is 309 g/mol. The first-order valence-electron chi connectivity index (χ1n) is 7.26. The summed E-state index contributed by atoms with van der Waals surface area (Å²) in [6.45, 7) is 6.16. The van der Waals surface area contributed by atoms with Gasteiger partial charge in [-0.05, 0) is 50.5 Å². The minimum Gasteiger partial charge on any atom is -0.508 e. The van der Waals surface area contributed by atoms with Crippen LogP contribution in [0.2, 0.25) is 0 Å². The topological polar surface area (TPSA) is 68.2 Å². The van der Waals surface area contributed by atoms with Crippen molar-refractivity contribution in [3.05, 3.63) is 29.3 Å². The van der Waals surface area contributed by atoms with Crippen LogP contribution in [0.1, 0.15) is 31.9 Å². The summed E-state index contributed by atoms with van der Waals surface area (Å²) in [5, 5.41) is 9.62. The first kappa shape index (κ1) is 16.6. The molecular formula is C16H23NO5. The highest BCUT2D eigenvalue weighted by molar-refractivity contribution is 5.69. The van der Waals surface area contributed by atoms with Crippen molar-refractivity contribution in [3.63, 3.8) is 0 Å². The number of hydrogen-bond acceptors (Lipinski definition) is 5. The summed E-state index contributed by atoms with van der Waals surface area (Å²) >= 11 is 0. The second kappa shape index (κ2) is 6.54. The summed E-state index contributed by atoms with van der Waals surface area (Å²) in [4.78, 5) is 23.7. The van der Waals surface area contributed by atoms with Gasteiger partial charge in [0, 0.05) is 6.54 Å². The van der Waals surface area contributed by atoms with Gasteiger partial charge in [0.05, 0.1) is 13.2 Å². The van der Waals surface area contributed by atoms with Gasteiger partial charge < -0.3 is 9.84 Å². The third kappa shape index (κ3) is 4.11. The third-order valence-corrected chi connectivity index (χ3v) is 3.43. The molecular weight excluding hydrogens is 286 g/mol. The molecule has 1 unspecified atom stereocenters. The fourth-order valence-electron chi connectivity index (χ4n) is 2.46. The number of ether oxygens (including phenoxy) is 1. The van der Waals surface area contributed by atoms with Crippen molar-refractivity contribution in [2.24, 2.45) is 0 Å². The summed E-state index contributed by atoms with van der Waals surface area (Å²) in [6, 6.07) is 4.97. The van der Waals surface area contributed by atoms with Gasteiger partial charge in [0.2, 0.25) is 0 Å². The molecule has 22 heavy (non-hydrogen) atoms. The maximum Gasteiger partial charge on any atom is 0.410 e. The molecule has 0 fully saturated rings. The fraction of sp³-hybridized carbons (Fsp3) is 0.562. The van der Waals surface area contributed by atoms with Gasteiger partial charge in [0.15, 0.2) is 0 Å². The van der Waals surface area contributed by atoms with Gasteiger partial charge in [0.1, 0.15) is 18.0 Å². The molecule has 122 valence electrons. The SMILES string of the molecule is COOCC1Cc2cc(O)ccc2CN1C(=O)OC(C)(C)C. The Kier molecular flexibility index (Phi) is 4.93. The Morgan fingerprint density at radius 1 is 1.36 bits per heavy atom. The Bertz CT molecular complexity index is 538. The number of carbonyl (C=O) groups is 1. The third-order valence-electron chi connectivity index (χ3n) is 3.43. The van der Waals surface area contributed by atoms with Gasteiger partial charge in [-0.25, -0.2) is 14.6 Å². The van der Waals surface area contributed by atoms with E-state index in [0.717, 1.165) is 11.1 Å². The number of nitrogens with zero attached hydrogens (tertiary/aromatic N) is 1. The summed E-state index contributed by atoms with van der Waals surface area (Å²) in [6.07, 6.45) is 0.197. The van der Waals surface area contributed by atoms with Crippen LogP contribution in [-0.2, 0) is 27.5 Å². The Labute approximate surface area is 130 Å². The maximum absolute atomic E-state index is 12.4. The molecule has 0 saturated heterocycles. The smallest absolute Gasteiger partial charge is 0.410 e. The molecule has 6 nitrogen and oxygen atoms in total. The molecule has 1 N–H and O–H groups in total. The lowest BCUT2D eigenvalue weighted by Gasteiger charge is -2.37. The van der Waals surface area contributed by atoms with Crippen LogP contribution in [0.25, 0.3) is 0 Å². The molecule has 0 spiro atoms. The molecule has 0 bridgehead atoms. The molecule has 1 aromatic rings. The highest BCUT2D eigenvalue weighted by Crippen LogP contribution is 2.28. The highest BCUT2D eigenvalue weighted by atomic mass is 17.2. The van der Waals surface area contributed by atoms with Crippen molar-refractivity contribution in [1.29, 1.82) is 0 Å². The first-order chi connectivity index (χ1) is 10.3. The maximum atomic E-state index is 12.4. The number of carbonyl (C=O) groups excluding carboxylic acids is 1. The van der Waals surface area contributed by atoms with E-state index in [4.69, 9.17) is 9.62 Å². The molecule has 1 atom stereocenters. The zero-order chi connectivity index (χ0) is 16.3. The van der Waals surface area contributed by atoms with Crippen LogP contribution in [0, 0.1) is 0 Å². The van der Waals surface area contributed by atoms with E-state index in [9.17, 15) is 9.90 Å². The van der Waals surface area contributed by atoms with Crippen LogP contribution >= 0.6 is 0 Å². The standard InChI is InChI=1S/C16H23NO5/c1-16(2,3)22-15(19)17-9-11-5-6-14(18)8-12(11)7-13(17)10-21-20-4/h5-6,8,13,18H,7,9-10H2,1-4H3. The Morgan fingerprint density at radius 2 is 2.09 bits per heavy atom. The van der Waals surface area contributed by atoms with Crippen molar-refractivity contribution >= 4 is 6.09 Å². The van der Waals surface area contributed by atoms with E-state index in [-0.39, 0.29) is 24.5 Å². The molecule has 0 saturated carbocycles. The molecule has 6 heteroatoms. The molecule has 1 amide bonds. The molecule has 2 rings (SSSR count). The van der Waals surface area contributed by atoms with Crippen molar-refractivity contribution in [2.45, 2.75) is 45.4 Å². The number of benzene rings is 1. The van der Waals surface area contributed by atoms with Gasteiger partial charge in [-0.1, -0.05) is 6.07 Å². The summed E-state index contributed by atoms with van der Waals surface area (Å²) in [5.41, 5.74) is 1.45. The van der Waals surface area contributed by atoms with Gasteiger partial charge >= 0.3 is 6.09 Å². The summed E-state index contributed by atoms with van der Waals surface area (Å²) < 4.78 is 5.47. The normalized spacial score (nSPS) is 18.0. The van der Waals surface area contributed by atoms with E-state index in [2.05, 4.69) is 4.89 Å². The zero-order valence-corrected chi connectivity index (χ0v) is 13.5. The number of rotatable bonds is 3. The Morgan fingerprint density at radius 3 is 2.73 bits per heavy atom.